The number of nitrogens with one attached hydrogen (secondary N) is 1. The highest BCUT2D eigenvalue weighted by Crippen LogP contribution is 2.34. The lowest BCUT2D eigenvalue weighted by molar-refractivity contribution is -0.385. The van der Waals surface area contributed by atoms with Crippen molar-refractivity contribution in [3.8, 4) is 11.5 Å². The largest absolute Gasteiger partial charge is 0.493 e. The summed E-state index contributed by atoms with van der Waals surface area (Å²) in [6, 6.07) is 9.51. The average Bonchev–Trinajstić information content (AvgIpc) is 3.40. The first-order valence-electron chi connectivity index (χ1n) is 11.3. The van der Waals surface area contributed by atoms with Crippen LogP contribution in [0.2, 0.25) is 0 Å². The van der Waals surface area contributed by atoms with Gasteiger partial charge in [0.2, 0.25) is 0 Å². The number of ether oxygens (including phenoxy) is 2. The summed E-state index contributed by atoms with van der Waals surface area (Å²) in [7, 11) is 2.74. The quantitative estimate of drug-likeness (QED) is 0.364. The second kappa shape index (κ2) is 10.5. The number of carbonyl (C=O) groups is 1. The number of likely N-dealkylation sites (tertiary alicyclic amines) is 1. The van der Waals surface area contributed by atoms with Crippen LogP contribution in [0, 0.1) is 10.1 Å². The molecule has 35 heavy (non-hydrogen) atoms. The molecule has 1 amide bonds. The third kappa shape index (κ3) is 5.09. The summed E-state index contributed by atoms with van der Waals surface area (Å²) in [6.07, 6.45) is 2.30. The first kappa shape index (κ1) is 24.1. The van der Waals surface area contributed by atoms with Crippen LogP contribution in [0.15, 0.2) is 41.2 Å². The van der Waals surface area contributed by atoms with Crippen LogP contribution >= 0.6 is 0 Å². The summed E-state index contributed by atoms with van der Waals surface area (Å²) >= 11 is 0. The molecule has 0 atom stereocenters. The first-order valence-corrected chi connectivity index (χ1v) is 11.3. The number of benzene rings is 2. The van der Waals surface area contributed by atoms with Gasteiger partial charge in [0.15, 0.2) is 11.5 Å². The third-order valence-electron chi connectivity index (χ3n) is 6.13. The lowest BCUT2D eigenvalue weighted by Crippen LogP contribution is -2.32. The highest BCUT2D eigenvalue weighted by Gasteiger charge is 2.25. The van der Waals surface area contributed by atoms with E-state index in [1.54, 1.807) is 24.3 Å². The number of methoxy groups -OCH3 is 2. The summed E-state index contributed by atoms with van der Waals surface area (Å²) in [4.78, 5) is 39.2. The Morgan fingerprint density at radius 2 is 1.74 bits per heavy atom. The van der Waals surface area contributed by atoms with E-state index >= 15 is 0 Å². The van der Waals surface area contributed by atoms with Crippen molar-refractivity contribution in [2.24, 2.45) is 0 Å². The van der Waals surface area contributed by atoms with Crippen molar-refractivity contribution < 1.29 is 19.2 Å². The van der Waals surface area contributed by atoms with Gasteiger partial charge in [0, 0.05) is 18.0 Å². The molecule has 3 aromatic rings. The number of amides is 1. The Kier molecular flexibility index (Phi) is 7.25. The fourth-order valence-corrected chi connectivity index (χ4v) is 4.29. The van der Waals surface area contributed by atoms with Gasteiger partial charge in [-0.05, 0) is 32.0 Å². The van der Waals surface area contributed by atoms with E-state index < -0.39 is 16.5 Å². The van der Waals surface area contributed by atoms with Crippen molar-refractivity contribution in [3.05, 3.63) is 68.1 Å². The van der Waals surface area contributed by atoms with E-state index in [0.717, 1.165) is 38.5 Å². The predicted molar refractivity (Wildman–Crippen MR) is 129 cm³/mol. The molecule has 4 rings (SSSR count). The topological polar surface area (TPSA) is 129 Å². The van der Waals surface area contributed by atoms with Crippen LogP contribution in [0.5, 0.6) is 11.5 Å². The highest BCUT2D eigenvalue weighted by atomic mass is 16.6. The molecule has 1 aliphatic rings. The number of fused-ring (bicyclic) bond motifs is 1. The lowest BCUT2D eigenvalue weighted by Gasteiger charge is -2.16. The number of nitrogens with zero attached hydrogens (tertiary/aromatic N) is 4. The Labute approximate surface area is 201 Å². The van der Waals surface area contributed by atoms with Gasteiger partial charge in [0.1, 0.15) is 5.56 Å². The maximum Gasteiger partial charge on any atom is 0.286 e. The maximum atomic E-state index is 13.0. The van der Waals surface area contributed by atoms with Gasteiger partial charge in [-0.15, -0.1) is 0 Å². The van der Waals surface area contributed by atoms with Gasteiger partial charge in [0.05, 0.1) is 49.4 Å². The van der Waals surface area contributed by atoms with Gasteiger partial charge in [-0.3, -0.25) is 19.7 Å². The molecule has 1 saturated heterocycles. The monoisotopic (exact) mass is 481 g/mol. The third-order valence-corrected chi connectivity index (χ3v) is 6.13. The van der Waals surface area contributed by atoms with Gasteiger partial charge in [-0.1, -0.05) is 18.2 Å². The van der Waals surface area contributed by atoms with Crippen molar-refractivity contribution in [2.45, 2.75) is 25.9 Å². The molecular weight excluding hydrogens is 454 g/mol. The minimum absolute atomic E-state index is 0.0190. The van der Waals surface area contributed by atoms with E-state index in [4.69, 9.17) is 9.47 Å². The molecule has 2 aromatic carbocycles. The molecule has 0 unspecified atom stereocenters. The van der Waals surface area contributed by atoms with Crippen LogP contribution in [0.4, 0.5) is 5.69 Å². The molecule has 2 heterocycles. The van der Waals surface area contributed by atoms with E-state index in [0.29, 0.717) is 23.0 Å². The molecule has 11 heteroatoms. The molecule has 1 fully saturated rings. The van der Waals surface area contributed by atoms with Crippen LogP contribution in [-0.4, -0.2) is 59.4 Å². The van der Waals surface area contributed by atoms with E-state index in [1.807, 2.05) is 0 Å². The van der Waals surface area contributed by atoms with Crippen molar-refractivity contribution >= 4 is 22.4 Å². The molecule has 0 spiro atoms. The molecule has 0 saturated carbocycles. The van der Waals surface area contributed by atoms with E-state index in [1.165, 1.54) is 25.0 Å². The maximum absolute atomic E-state index is 13.0. The fourth-order valence-electron chi connectivity index (χ4n) is 4.29. The molecule has 0 aliphatic carbocycles. The van der Waals surface area contributed by atoms with Crippen molar-refractivity contribution in [2.75, 3.05) is 33.9 Å². The number of nitro groups is 1. The number of hydrogen-bond acceptors (Lipinski definition) is 8. The Balaban J connectivity index is 1.62. The van der Waals surface area contributed by atoms with Crippen LogP contribution in [0.1, 0.15) is 28.9 Å². The molecule has 1 aliphatic heterocycles. The SMILES string of the molecule is COc1cc(C(=O)NCc2nn(CCN3CCCC3)c(=O)c3ccccc23)c([N+](=O)[O-])cc1OC. The molecule has 11 nitrogen and oxygen atoms in total. The van der Waals surface area contributed by atoms with Gasteiger partial charge >= 0.3 is 0 Å². The fraction of sp³-hybridized carbons (Fsp3) is 0.375. The lowest BCUT2D eigenvalue weighted by atomic mass is 10.1. The molecule has 184 valence electrons. The van der Waals surface area contributed by atoms with E-state index in [-0.39, 0.29) is 29.2 Å². The Hall–Kier alpha value is -3.99. The van der Waals surface area contributed by atoms with Gasteiger partial charge in [-0.25, -0.2) is 4.68 Å². The zero-order chi connectivity index (χ0) is 24.9. The van der Waals surface area contributed by atoms with E-state index in [9.17, 15) is 19.7 Å². The Morgan fingerprint density at radius 1 is 1.09 bits per heavy atom. The predicted octanol–water partition coefficient (Wildman–Crippen LogP) is 2.35. The van der Waals surface area contributed by atoms with Gasteiger partial charge in [0.25, 0.3) is 17.2 Å². The number of carbonyl (C=O) groups excluding carboxylic acids is 1. The van der Waals surface area contributed by atoms with Gasteiger partial charge < -0.3 is 19.7 Å². The number of rotatable bonds is 9. The van der Waals surface area contributed by atoms with Gasteiger partial charge in [-0.2, -0.15) is 5.10 Å². The molecule has 0 radical (unpaired) electrons. The Bertz CT molecular complexity index is 1320. The first-order chi connectivity index (χ1) is 16.9. The Morgan fingerprint density at radius 3 is 2.40 bits per heavy atom. The summed E-state index contributed by atoms with van der Waals surface area (Å²) in [5, 5.41) is 19.9. The minimum atomic E-state index is -0.668. The standard InChI is InChI=1S/C24H27N5O6/c1-34-21-13-18(20(29(32)33)14-22(21)35-2)23(30)25-15-19-16-7-3-4-8-17(16)24(31)28(26-19)12-11-27-9-5-6-10-27/h3-4,7-8,13-14H,5-6,9-12,15H2,1-2H3,(H,25,30). The van der Waals surface area contributed by atoms with Crippen molar-refractivity contribution in [1.82, 2.24) is 20.0 Å². The van der Waals surface area contributed by atoms with Crippen LogP contribution < -0.4 is 20.3 Å². The van der Waals surface area contributed by atoms with E-state index in [2.05, 4.69) is 15.3 Å². The summed E-state index contributed by atoms with van der Waals surface area (Å²) in [5.41, 5.74) is -0.267. The summed E-state index contributed by atoms with van der Waals surface area (Å²) in [5.74, 6) is -0.325. The van der Waals surface area contributed by atoms with Crippen LogP contribution in [0.25, 0.3) is 10.8 Å². The molecule has 1 N–H and O–H groups in total. The molecular formula is C24H27N5O6. The second-order valence-corrected chi connectivity index (χ2v) is 8.23. The highest BCUT2D eigenvalue weighted by molar-refractivity contribution is 5.99. The number of hydrogen-bond donors (Lipinski definition) is 1. The van der Waals surface area contributed by atoms with Crippen LogP contribution in [0.3, 0.4) is 0 Å². The van der Waals surface area contributed by atoms with Crippen molar-refractivity contribution in [3.63, 3.8) is 0 Å². The summed E-state index contributed by atoms with van der Waals surface area (Å²) in [6.45, 7) is 3.15. The van der Waals surface area contributed by atoms with Crippen LogP contribution in [-0.2, 0) is 13.1 Å². The normalized spacial score (nSPS) is 13.7. The number of aromatic nitrogens is 2. The molecule has 0 bridgehead atoms. The van der Waals surface area contributed by atoms with Crippen molar-refractivity contribution in [1.29, 1.82) is 0 Å². The minimum Gasteiger partial charge on any atom is -0.493 e. The molecule has 1 aromatic heterocycles. The zero-order valence-corrected chi connectivity index (χ0v) is 19.7. The zero-order valence-electron chi connectivity index (χ0n) is 19.7. The average molecular weight is 482 g/mol. The summed E-state index contributed by atoms with van der Waals surface area (Å²) < 4.78 is 11.7. The number of nitro benzene ring substituents is 1. The smallest absolute Gasteiger partial charge is 0.286 e. The second-order valence-electron chi connectivity index (χ2n) is 8.23.